The Kier molecular flexibility index (Phi) is 27.2. The monoisotopic (exact) mass is 1160 g/mol. The molecule has 18 heteroatoms. The van der Waals surface area contributed by atoms with Gasteiger partial charge >= 0.3 is 47.8 Å². The topological polar surface area (TPSA) is 229 Å². The molecule has 6 rings (SSSR count). The maximum Gasteiger partial charge on any atom is 0.343 e. The average Bonchev–Trinajstić information content (AvgIpc) is 3.73. The summed E-state index contributed by atoms with van der Waals surface area (Å²) in [4.78, 5) is 98.5. The molecule has 6 aromatic carbocycles. The van der Waals surface area contributed by atoms with Gasteiger partial charge in [-0.3, -0.25) is 0 Å². The Bertz CT molecular complexity index is 2920. The third-order valence-corrected chi connectivity index (χ3v) is 12.6. The van der Waals surface area contributed by atoms with E-state index in [9.17, 15) is 38.4 Å². The Morgan fingerprint density at radius 1 is 0.247 bits per heavy atom. The van der Waals surface area contributed by atoms with Crippen molar-refractivity contribution in [2.75, 3.05) is 39.6 Å². The van der Waals surface area contributed by atoms with E-state index >= 15 is 0 Å². The summed E-state index contributed by atoms with van der Waals surface area (Å²) in [6, 6.07) is 36.9. The van der Waals surface area contributed by atoms with E-state index in [2.05, 4.69) is 13.2 Å². The highest BCUT2D eigenvalue weighted by Gasteiger charge is 2.16. The van der Waals surface area contributed by atoms with Crippen molar-refractivity contribution in [2.24, 2.45) is 0 Å². The van der Waals surface area contributed by atoms with E-state index in [1.54, 1.807) is 48.5 Å². The van der Waals surface area contributed by atoms with Crippen LogP contribution in [-0.4, -0.2) is 87.4 Å². The van der Waals surface area contributed by atoms with Crippen LogP contribution in [0.15, 0.2) is 171 Å². The zero-order chi connectivity index (χ0) is 60.4. The van der Waals surface area contributed by atoms with Crippen molar-refractivity contribution in [3.8, 4) is 34.5 Å². The van der Waals surface area contributed by atoms with Crippen LogP contribution < -0.4 is 28.4 Å². The first-order valence-electron chi connectivity index (χ1n) is 28.0. The van der Waals surface area contributed by atoms with E-state index in [0.717, 1.165) is 69.9 Å². The minimum Gasteiger partial charge on any atom is -0.494 e. The summed E-state index contributed by atoms with van der Waals surface area (Å²) in [7, 11) is 0. The molecule has 0 spiro atoms. The molecule has 0 amide bonds. The molecule has 18 nitrogen and oxygen atoms in total. The highest BCUT2D eigenvalue weighted by atomic mass is 16.6. The van der Waals surface area contributed by atoms with Gasteiger partial charge in [0.05, 0.1) is 73.0 Å². The molecule has 0 N–H and O–H groups in total. The summed E-state index contributed by atoms with van der Waals surface area (Å²) in [6.45, 7) is 8.66. The third-order valence-electron chi connectivity index (χ3n) is 12.6. The summed E-state index contributed by atoms with van der Waals surface area (Å²) < 4.78 is 53.9. The lowest BCUT2D eigenvalue weighted by molar-refractivity contribution is -0.138. The minimum atomic E-state index is -0.636. The van der Waals surface area contributed by atoms with Gasteiger partial charge in [0.15, 0.2) is 0 Å². The number of unbranched alkanes of at least 4 members (excludes halogenated alkanes) is 10. The Hall–Kier alpha value is -9.84. The van der Waals surface area contributed by atoms with E-state index in [1.807, 2.05) is 0 Å². The lowest BCUT2D eigenvalue weighted by Crippen LogP contribution is -2.11. The van der Waals surface area contributed by atoms with Crippen molar-refractivity contribution in [2.45, 2.75) is 83.5 Å². The van der Waals surface area contributed by atoms with E-state index in [0.29, 0.717) is 72.6 Å². The molecule has 0 fully saturated rings. The van der Waals surface area contributed by atoms with Crippen LogP contribution in [0.1, 0.15) is 146 Å². The Labute approximate surface area is 493 Å². The molecule has 444 valence electrons. The fourth-order valence-electron chi connectivity index (χ4n) is 7.86. The van der Waals surface area contributed by atoms with Crippen LogP contribution in [-0.2, 0) is 28.5 Å². The number of benzene rings is 6. The van der Waals surface area contributed by atoms with Gasteiger partial charge in [-0.25, -0.2) is 38.4 Å². The van der Waals surface area contributed by atoms with Crippen molar-refractivity contribution in [1.82, 2.24) is 0 Å². The molecule has 0 aliphatic rings. The van der Waals surface area contributed by atoms with Crippen LogP contribution in [0.5, 0.6) is 34.5 Å². The molecular formula is C67H68O18. The van der Waals surface area contributed by atoms with Crippen LogP contribution in [0, 0.1) is 0 Å². The molecule has 0 atom stereocenters. The van der Waals surface area contributed by atoms with Gasteiger partial charge in [0, 0.05) is 12.2 Å². The van der Waals surface area contributed by atoms with Crippen molar-refractivity contribution in [3.05, 3.63) is 204 Å². The maximum atomic E-state index is 12.8. The molecule has 0 aromatic heterocycles. The van der Waals surface area contributed by atoms with Crippen LogP contribution in [0.2, 0.25) is 0 Å². The zero-order valence-electron chi connectivity index (χ0n) is 47.2. The zero-order valence-corrected chi connectivity index (χ0v) is 47.2. The predicted octanol–water partition coefficient (Wildman–Crippen LogP) is 12.9. The standard InChI is InChI=1S/C67H68O18/c1-3-60(68)78-44-16-14-42-76-54-30-18-50(19-31-54)64(72)84-58-38-26-52(27-39-58)66(74)82-56-34-22-48(23-35-56)62(70)80-46-12-10-8-6-5-7-9-11-13-47-81-63(71)49-24-36-57(37-25-49)83-67(75)53-28-40-59(41-29-53)85-65(73)51-20-32-55(33-21-51)77-43-15-17-45-79-61(69)4-2/h3-4,18-41H,1-2,5-17,42-47H2. The maximum absolute atomic E-state index is 12.8. The molecule has 0 radical (unpaired) electrons. The van der Waals surface area contributed by atoms with E-state index < -0.39 is 47.8 Å². The largest absolute Gasteiger partial charge is 0.494 e. The SMILES string of the molecule is C=CC(=O)OCCCCOc1ccc(C(=O)Oc2ccc(C(=O)Oc3ccc(C(=O)OCCCCCCCCCCCOC(=O)c4ccc(OC(=O)c5ccc(OC(=O)c6ccc(OCCCCOC(=O)C=C)cc6)cc5)cc4)cc3)cc2)cc1. The summed E-state index contributed by atoms with van der Waals surface area (Å²) in [5, 5.41) is 0. The highest BCUT2D eigenvalue weighted by molar-refractivity contribution is 5.95. The molecule has 0 saturated carbocycles. The third kappa shape index (κ3) is 23.5. The quantitative estimate of drug-likeness (QED) is 0.0117. The first-order chi connectivity index (χ1) is 41.4. The summed E-state index contributed by atoms with van der Waals surface area (Å²) in [5.41, 5.74) is 1.72. The smallest absolute Gasteiger partial charge is 0.343 e. The first kappa shape index (κ1) is 64.3. The summed E-state index contributed by atoms with van der Waals surface area (Å²) in [5.74, 6) is -2.24. The number of esters is 8. The predicted molar refractivity (Wildman–Crippen MR) is 312 cm³/mol. The van der Waals surface area contributed by atoms with Gasteiger partial charge in [-0.1, -0.05) is 58.1 Å². The molecular weight excluding hydrogens is 1090 g/mol. The number of carbonyl (C=O) groups excluding carboxylic acids is 8. The van der Waals surface area contributed by atoms with Gasteiger partial charge in [-0.2, -0.15) is 0 Å². The summed E-state index contributed by atoms with van der Waals surface area (Å²) >= 11 is 0. The molecule has 6 aromatic rings. The van der Waals surface area contributed by atoms with Crippen molar-refractivity contribution in [3.63, 3.8) is 0 Å². The second-order valence-corrected chi connectivity index (χ2v) is 19.0. The average molecular weight is 1160 g/mol. The first-order valence-corrected chi connectivity index (χ1v) is 28.0. The van der Waals surface area contributed by atoms with Crippen LogP contribution in [0.25, 0.3) is 0 Å². The summed E-state index contributed by atoms with van der Waals surface area (Å²) in [6.07, 6.45) is 13.4. The van der Waals surface area contributed by atoms with Crippen molar-refractivity contribution >= 4 is 47.8 Å². The number of hydrogen-bond donors (Lipinski definition) is 0. The number of hydrogen-bond acceptors (Lipinski definition) is 18. The van der Waals surface area contributed by atoms with Gasteiger partial charge in [0.2, 0.25) is 0 Å². The molecule has 0 unspecified atom stereocenters. The lowest BCUT2D eigenvalue weighted by atomic mass is 10.1. The second-order valence-electron chi connectivity index (χ2n) is 19.0. The Balaban J connectivity index is 0.745. The Morgan fingerprint density at radius 3 is 0.706 bits per heavy atom. The molecule has 0 bridgehead atoms. The Morgan fingerprint density at radius 2 is 0.447 bits per heavy atom. The van der Waals surface area contributed by atoms with Crippen molar-refractivity contribution < 1.29 is 85.7 Å². The second kappa shape index (κ2) is 35.9. The number of ether oxygens (including phenoxy) is 10. The molecule has 85 heavy (non-hydrogen) atoms. The van der Waals surface area contributed by atoms with Gasteiger partial charge in [0.25, 0.3) is 0 Å². The fraction of sp³-hybridized carbons (Fsp3) is 0.284. The number of rotatable bonds is 36. The van der Waals surface area contributed by atoms with E-state index in [1.165, 1.54) is 97.1 Å². The molecule has 0 heterocycles. The fourth-order valence-corrected chi connectivity index (χ4v) is 7.86. The molecule has 0 aliphatic carbocycles. The van der Waals surface area contributed by atoms with E-state index in [4.69, 9.17) is 47.4 Å². The lowest BCUT2D eigenvalue weighted by Gasteiger charge is -2.09. The van der Waals surface area contributed by atoms with Gasteiger partial charge in [0.1, 0.15) is 34.5 Å². The van der Waals surface area contributed by atoms with Crippen LogP contribution in [0.3, 0.4) is 0 Å². The van der Waals surface area contributed by atoms with Gasteiger partial charge in [-0.05, 0) is 184 Å². The molecule has 0 saturated heterocycles. The van der Waals surface area contributed by atoms with Gasteiger partial charge < -0.3 is 47.4 Å². The van der Waals surface area contributed by atoms with Crippen LogP contribution >= 0.6 is 0 Å². The van der Waals surface area contributed by atoms with Crippen molar-refractivity contribution in [1.29, 1.82) is 0 Å². The normalized spacial score (nSPS) is 10.5. The minimum absolute atomic E-state index is 0.226. The van der Waals surface area contributed by atoms with Gasteiger partial charge in [-0.15, -0.1) is 0 Å². The van der Waals surface area contributed by atoms with E-state index in [-0.39, 0.29) is 60.6 Å². The highest BCUT2D eigenvalue weighted by Crippen LogP contribution is 2.23. The van der Waals surface area contributed by atoms with Crippen LogP contribution in [0.4, 0.5) is 0 Å². The molecule has 0 aliphatic heterocycles. The number of carbonyl (C=O) groups is 8.